The Morgan fingerprint density at radius 1 is 1.04 bits per heavy atom. The van der Waals surface area contributed by atoms with Gasteiger partial charge in [0.2, 0.25) is 0 Å². The van der Waals surface area contributed by atoms with Crippen LogP contribution in [-0.4, -0.2) is 31.1 Å². The van der Waals surface area contributed by atoms with Crippen LogP contribution in [0.4, 0.5) is 0 Å². The van der Waals surface area contributed by atoms with Crippen molar-refractivity contribution in [1.82, 2.24) is 10.2 Å². The van der Waals surface area contributed by atoms with Gasteiger partial charge >= 0.3 is 0 Å². The van der Waals surface area contributed by atoms with Gasteiger partial charge in [-0.25, -0.2) is 0 Å². The lowest BCUT2D eigenvalue weighted by Crippen LogP contribution is -2.44. The summed E-state index contributed by atoms with van der Waals surface area (Å²) in [6.07, 6.45) is 0. The van der Waals surface area contributed by atoms with Crippen LogP contribution in [0.15, 0.2) is 54.6 Å². The van der Waals surface area contributed by atoms with E-state index in [1.54, 1.807) is 0 Å². The zero-order chi connectivity index (χ0) is 15.9. The van der Waals surface area contributed by atoms with Gasteiger partial charge in [-0.3, -0.25) is 4.90 Å². The van der Waals surface area contributed by atoms with E-state index >= 15 is 0 Å². The monoisotopic (exact) mass is 307 g/mol. The number of piperazine rings is 1. The number of hydrogen-bond acceptors (Lipinski definition) is 4. The van der Waals surface area contributed by atoms with Gasteiger partial charge in [-0.05, 0) is 23.3 Å². The van der Waals surface area contributed by atoms with E-state index in [2.05, 4.69) is 16.3 Å². The molecule has 23 heavy (non-hydrogen) atoms. The van der Waals surface area contributed by atoms with E-state index in [4.69, 9.17) is 4.74 Å². The summed E-state index contributed by atoms with van der Waals surface area (Å²) >= 11 is 0. The second-order valence-electron chi connectivity index (χ2n) is 5.66. The normalized spacial score (nSPS) is 16.5. The lowest BCUT2D eigenvalue weighted by Gasteiger charge is -2.31. The summed E-state index contributed by atoms with van der Waals surface area (Å²) in [4.78, 5) is 2.22. The fourth-order valence-electron chi connectivity index (χ4n) is 2.79. The third kappa shape index (κ3) is 4.10. The van der Waals surface area contributed by atoms with E-state index in [1.807, 2.05) is 54.6 Å². The van der Waals surface area contributed by atoms with E-state index < -0.39 is 0 Å². The average Bonchev–Trinajstić information content (AvgIpc) is 2.63. The molecule has 1 saturated heterocycles. The maximum Gasteiger partial charge on any atom is 0.123 e. The number of benzene rings is 2. The molecule has 1 aliphatic heterocycles. The molecule has 0 radical (unpaired) electrons. The number of ether oxygens (including phenoxy) is 1. The molecule has 0 amide bonds. The summed E-state index contributed by atoms with van der Waals surface area (Å²) in [6.45, 7) is 4.25. The highest BCUT2D eigenvalue weighted by molar-refractivity contribution is 5.32. The van der Waals surface area contributed by atoms with Crippen molar-refractivity contribution in [3.63, 3.8) is 0 Å². The Balaban J connectivity index is 1.62. The number of hydrogen-bond donors (Lipinski definition) is 1. The number of rotatable bonds is 5. The molecule has 0 bridgehead atoms. The fraction of sp³-hybridized carbons (Fsp3) is 0.316. The lowest BCUT2D eigenvalue weighted by molar-refractivity contribution is 0.207. The Morgan fingerprint density at radius 2 is 1.74 bits per heavy atom. The molecule has 1 aliphatic rings. The molecule has 4 heteroatoms. The van der Waals surface area contributed by atoms with Crippen LogP contribution in [0.5, 0.6) is 5.75 Å². The van der Waals surface area contributed by atoms with Gasteiger partial charge in [-0.15, -0.1) is 0 Å². The van der Waals surface area contributed by atoms with Gasteiger partial charge in [0.25, 0.3) is 0 Å². The van der Waals surface area contributed by atoms with E-state index in [-0.39, 0.29) is 6.04 Å². The third-order valence-electron chi connectivity index (χ3n) is 4.08. The van der Waals surface area contributed by atoms with Crippen molar-refractivity contribution in [3.05, 3.63) is 65.7 Å². The summed E-state index contributed by atoms with van der Waals surface area (Å²) < 4.78 is 5.80. The highest BCUT2D eigenvalue weighted by Crippen LogP contribution is 2.23. The van der Waals surface area contributed by atoms with Crippen LogP contribution < -0.4 is 10.1 Å². The smallest absolute Gasteiger partial charge is 0.123 e. The fourth-order valence-corrected chi connectivity index (χ4v) is 2.79. The van der Waals surface area contributed by atoms with Gasteiger partial charge in [0.1, 0.15) is 18.4 Å². The molecule has 0 saturated carbocycles. The van der Waals surface area contributed by atoms with Gasteiger partial charge < -0.3 is 10.1 Å². The summed E-state index contributed by atoms with van der Waals surface area (Å²) in [5, 5.41) is 12.8. The first-order valence-electron chi connectivity index (χ1n) is 7.98. The lowest BCUT2D eigenvalue weighted by atomic mass is 10.1. The van der Waals surface area contributed by atoms with E-state index in [0.29, 0.717) is 6.61 Å². The maximum absolute atomic E-state index is 9.51. The molecular weight excluding hydrogens is 286 g/mol. The zero-order valence-corrected chi connectivity index (χ0v) is 13.1. The highest BCUT2D eigenvalue weighted by Gasteiger charge is 2.21. The molecule has 2 aromatic rings. The maximum atomic E-state index is 9.51. The molecule has 1 heterocycles. The minimum absolute atomic E-state index is 0.180. The van der Waals surface area contributed by atoms with Gasteiger partial charge in [0.15, 0.2) is 0 Å². The first kappa shape index (κ1) is 15.5. The molecule has 3 rings (SSSR count). The predicted octanol–water partition coefficient (Wildman–Crippen LogP) is 2.74. The van der Waals surface area contributed by atoms with Crippen LogP contribution in [0.25, 0.3) is 0 Å². The highest BCUT2D eigenvalue weighted by atomic mass is 16.5. The number of nitrogens with zero attached hydrogens (tertiary/aromatic N) is 2. The zero-order valence-electron chi connectivity index (χ0n) is 13.1. The molecule has 0 aromatic heterocycles. The Morgan fingerprint density at radius 3 is 2.39 bits per heavy atom. The van der Waals surface area contributed by atoms with E-state index in [9.17, 15) is 5.26 Å². The molecule has 118 valence electrons. The van der Waals surface area contributed by atoms with Crippen LogP contribution >= 0.6 is 0 Å². The Labute approximate surface area is 137 Å². The average molecular weight is 307 g/mol. The molecule has 2 aromatic carbocycles. The quantitative estimate of drug-likeness (QED) is 0.923. The van der Waals surface area contributed by atoms with Crippen molar-refractivity contribution < 1.29 is 4.74 Å². The van der Waals surface area contributed by atoms with Crippen molar-refractivity contribution in [3.8, 4) is 11.8 Å². The molecule has 0 aliphatic carbocycles. The van der Waals surface area contributed by atoms with Crippen LogP contribution in [0, 0.1) is 11.3 Å². The first-order valence-corrected chi connectivity index (χ1v) is 7.98. The largest absolute Gasteiger partial charge is 0.489 e. The Bertz CT molecular complexity index is 643. The second-order valence-corrected chi connectivity index (χ2v) is 5.66. The van der Waals surface area contributed by atoms with Crippen molar-refractivity contribution in [2.45, 2.75) is 12.6 Å². The van der Waals surface area contributed by atoms with Crippen LogP contribution in [0.2, 0.25) is 0 Å². The minimum atomic E-state index is -0.180. The van der Waals surface area contributed by atoms with Gasteiger partial charge in [0.05, 0.1) is 6.07 Å². The van der Waals surface area contributed by atoms with Gasteiger partial charge in [-0.2, -0.15) is 5.26 Å². The number of nitriles is 1. The summed E-state index contributed by atoms with van der Waals surface area (Å²) in [5.41, 5.74) is 2.17. The molecule has 4 nitrogen and oxygen atoms in total. The Hall–Kier alpha value is -2.35. The second kappa shape index (κ2) is 7.77. The molecule has 1 fully saturated rings. The van der Waals surface area contributed by atoms with Crippen LogP contribution in [0.1, 0.15) is 17.2 Å². The molecule has 0 spiro atoms. The van der Waals surface area contributed by atoms with Crippen molar-refractivity contribution in [1.29, 1.82) is 5.26 Å². The van der Waals surface area contributed by atoms with Crippen LogP contribution in [0.3, 0.4) is 0 Å². The minimum Gasteiger partial charge on any atom is -0.489 e. The van der Waals surface area contributed by atoms with Crippen molar-refractivity contribution in [2.24, 2.45) is 0 Å². The Kier molecular flexibility index (Phi) is 5.25. The summed E-state index contributed by atoms with van der Waals surface area (Å²) in [7, 11) is 0. The summed E-state index contributed by atoms with van der Waals surface area (Å²) in [6, 6.07) is 20.2. The predicted molar refractivity (Wildman–Crippen MR) is 90.0 cm³/mol. The van der Waals surface area contributed by atoms with Crippen molar-refractivity contribution >= 4 is 0 Å². The van der Waals surface area contributed by atoms with Crippen LogP contribution in [-0.2, 0) is 6.61 Å². The third-order valence-corrected chi connectivity index (χ3v) is 4.08. The molecular formula is C19H21N3O. The topological polar surface area (TPSA) is 48.3 Å². The molecule has 1 unspecified atom stereocenters. The van der Waals surface area contributed by atoms with Gasteiger partial charge in [-0.1, -0.05) is 42.5 Å². The van der Waals surface area contributed by atoms with Gasteiger partial charge in [0, 0.05) is 26.2 Å². The number of nitrogens with one attached hydrogen (secondary N) is 1. The summed E-state index contributed by atoms with van der Waals surface area (Å²) in [5.74, 6) is 0.828. The van der Waals surface area contributed by atoms with E-state index in [1.165, 1.54) is 0 Å². The van der Waals surface area contributed by atoms with Crippen molar-refractivity contribution in [2.75, 3.05) is 26.2 Å². The first-order chi connectivity index (χ1) is 11.4. The standard InChI is InChI=1S/C19H21N3O/c20-14-19(22-12-10-21-11-13-22)17-6-8-18(9-7-17)23-15-16-4-2-1-3-5-16/h1-9,19,21H,10-13,15H2. The SMILES string of the molecule is N#CC(c1ccc(OCc2ccccc2)cc1)N1CCNCC1. The van der Waals surface area contributed by atoms with E-state index in [0.717, 1.165) is 43.1 Å². The molecule has 1 N–H and O–H groups in total. The molecule has 1 atom stereocenters.